The van der Waals surface area contributed by atoms with Crippen LogP contribution in [-0.2, 0) is 11.2 Å². The number of hydrogen-bond donors (Lipinski definition) is 0. The van der Waals surface area contributed by atoms with Gasteiger partial charge in [0.15, 0.2) is 0 Å². The van der Waals surface area contributed by atoms with Gasteiger partial charge in [0.2, 0.25) is 5.91 Å². The molecule has 32 heavy (non-hydrogen) atoms. The van der Waals surface area contributed by atoms with E-state index in [1.165, 1.54) is 30.4 Å². The number of halogens is 1. The van der Waals surface area contributed by atoms with Gasteiger partial charge < -0.3 is 9.80 Å². The molecule has 1 amide bonds. The highest BCUT2D eigenvalue weighted by atomic mass is 19.1. The van der Waals surface area contributed by atoms with Crippen molar-refractivity contribution < 1.29 is 9.18 Å². The number of piperidine rings is 1. The second-order valence-electron chi connectivity index (χ2n) is 10.2. The van der Waals surface area contributed by atoms with E-state index in [9.17, 15) is 9.18 Å². The summed E-state index contributed by atoms with van der Waals surface area (Å²) in [7, 11) is 3.65. The summed E-state index contributed by atoms with van der Waals surface area (Å²) in [5.74, 6) is 1.58. The second kappa shape index (κ2) is 10.2. The van der Waals surface area contributed by atoms with Crippen LogP contribution in [0.5, 0.6) is 0 Å². The molecule has 0 N–H and O–H groups in total. The topological polar surface area (TPSA) is 23.6 Å². The Bertz CT molecular complexity index is 872. The predicted molar refractivity (Wildman–Crippen MR) is 128 cm³/mol. The van der Waals surface area contributed by atoms with Crippen molar-refractivity contribution in [2.24, 2.45) is 11.3 Å². The van der Waals surface area contributed by atoms with Crippen LogP contribution in [0.3, 0.4) is 0 Å². The first-order valence-corrected chi connectivity index (χ1v) is 12.2. The predicted octanol–water partition coefficient (Wildman–Crippen LogP) is 5.51. The van der Waals surface area contributed by atoms with Crippen molar-refractivity contribution >= 4 is 5.91 Å². The van der Waals surface area contributed by atoms with Crippen molar-refractivity contribution in [2.75, 3.05) is 33.7 Å². The van der Waals surface area contributed by atoms with Gasteiger partial charge in [-0.25, -0.2) is 4.39 Å². The van der Waals surface area contributed by atoms with Crippen LogP contribution in [0.4, 0.5) is 4.39 Å². The average Bonchev–Trinajstić information content (AvgIpc) is 3.59. The van der Waals surface area contributed by atoms with Crippen LogP contribution in [-0.4, -0.2) is 49.4 Å². The molecule has 0 radical (unpaired) electrons. The first-order chi connectivity index (χ1) is 15.4. The van der Waals surface area contributed by atoms with E-state index < -0.39 is 0 Å². The van der Waals surface area contributed by atoms with Crippen LogP contribution in [0.15, 0.2) is 54.6 Å². The molecule has 1 saturated carbocycles. The maximum atomic E-state index is 13.4. The van der Waals surface area contributed by atoms with Gasteiger partial charge in [0, 0.05) is 27.1 Å². The number of carbonyl (C=O) groups excluding carboxylic acids is 1. The normalized spacial score (nSPS) is 22.5. The highest BCUT2D eigenvalue weighted by molar-refractivity contribution is 5.75. The first-order valence-electron chi connectivity index (χ1n) is 12.2. The number of likely N-dealkylation sites (tertiary alicyclic amines) is 1. The fourth-order valence-electron chi connectivity index (χ4n) is 5.45. The monoisotopic (exact) mass is 436 g/mol. The number of rotatable bonds is 9. The average molecular weight is 437 g/mol. The third kappa shape index (κ3) is 5.98. The van der Waals surface area contributed by atoms with Gasteiger partial charge in [0.05, 0.1) is 0 Å². The Morgan fingerprint density at radius 1 is 1.06 bits per heavy atom. The van der Waals surface area contributed by atoms with E-state index in [-0.39, 0.29) is 17.1 Å². The van der Waals surface area contributed by atoms with Crippen molar-refractivity contribution in [1.82, 2.24) is 9.80 Å². The van der Waals surface area contributed by atoms with E-state index in [0.717, 1.165) is 50.7 Å². The van der Waals surface area contributed by atoms with Gasteiger partial charge in [-0.1, -0.05) is 42.5 Å². The maximum Gasteiger partial charge on any atom is 0.223 e. The second-order valence-corrected chi connectivity index (χ2v) is 10.2. The molecule has 0 bridgehead atoms. The molecule has 2 fully saturated rings. The highest BCUT2D eigenvalue weighted by Gasteiger charge is 2.41. The van der Waals surface area contributed by atoms with Crippen LogP contribution in [0.1, 0.15) is 55.6 Å². The lowest BCUT2D eigenvalue weighted by molar-refractivity contribution is -0.129. The van der Waals surface area contributed by atoms with E-state index in [0.29, 0.717) is 6.42 Å². The summed E-state index contributed by atoms with van der Waals surface area (Å²) in [6.07, 6.45) is 7.77. The molecule has 2 aromatic rings. The highest BCUT2D eigenvalue weighted by Crippen LogP contribution is 2.52. The molecular formula is C28H37FN2O. The number of carbonyl (C=O) groups is 1. The lowest BCUT2D eigenvalue weighted by atomic mass is 9.70. The zero-order valence-electron chi connectivity index (χ0n) is 19.6. The van der Waals surface area contributed by atoms with Gasteiger partial charge in [-0.05, 0) is 92.1 Å². The summed E-state index contributed by atoms with van der Waals surface area (Å²) in [5, 5.41) is 0. The van der Waals surface area contributed by atoms with E-state index >= 15 is 0 Å². The zero-order chi connectivity index (χ0) is 22.6. The smallest absolute Gasteiger partial charge is 0.223 e. The molecule has 4 rings (SSSR count). The minimum absolute atomic E-state index is 0.160. The Hall–Kier alpha value is -2.20. The van der Waals surface area contributed by atoms with Crippen molar-refractivity contribution in [3.8, 4) is 0 Å². The van der Waals surface area contributed by atoms with E-state index in [4.69, 9.17) is 0 Å². The van der Waals surface area contributed by atoms with Gasteiger partial charge in [0.1, 0.15) is 5.82 Å². The quantitative estimate of drug-likeness (QED) is 0.517. The van der Waals surface area contributed by atoms with Gasteiger partial charge in [-0.3, -0.25) is 4.79 Å². The molecule has 4 heteroatoms. The Morgan fingerprint density at radius 3 is 2.41 bits per heavy atom. The molecule has 172 valence electrons. The van der Waals surface area contributed by atoms with Crippen LogP contribution >= 0.6 is 0 Å². The fourth-order valence-corrected chi connectivity index (χ4v) is 5.45. The number of benzene rings is 2. The Labute approximate surface area is 192 Å². The molecular weight excluding hydrogens is 399 g/mol. The lowest BCUT2D eigenvalue weighted by Gasteiger charge is -2.42. The molecule has 2 aliphatic rings. The molecule has 2 aromatic carbocycles. The van der Waals surface area contributed by atoms with Crippen LogP contribution < -0.4 is 0 Å². The minimum atomic E-state index is -0.160. The Morgan fingerprint density at radius 2 is 1.75 bits per heavy atom. The van der Waals surface area contributed by atoms with E-state index in [1.54, 1.807) is 17.0 Å². The summed E-state index contributed by atoms with van der Waals surface area (Å²) in [5.41, 5.74) is 3.02. The number of nitrogens with zero attached hydrogens (tertiary/aromatic N) is 2. The standard InChI is InChI=1S/C28H37FN2O/c1-30(2)27(32)13-17-31-18-15-28(16-19-31,21-22-8-10-25(29)11-9-22)14-12-24-20-26(24)23-6-4-3-5-7-23/h3-11,24,26H,12-21H2,1-2H3/t24-,26?/m1/s1. The van der Waals surface area contributed by atoms with Gasteiger partial charge >= 0.3 is 0 Å². The molecule has 0 spiro atoms. The number of hydrogen-bond acceptors (Lipinski definition) is 2. The lowest BCUT2D eigenvalue weighted by Crippen LogP contribution is -2.42. The minimum Gasteiger partial charge on any atom is -0.349 e. The summed E-state index contributed by atoms with van der Waals surface area (Å²) in [6.45, 7) is 2.95. The molecule has 1 saturated heterocycles. The van der Waals surface area contributed by atoms with E-state index in [2.05, 4.69) is 35.2 Å². The maximum absolute atomic E-state index is 13.4. The van der Waals surface area contributed by atoms with Gasteiger partial charge in [0.25, 0.3) is 0 Å². The van der Waals surface area contributed by atoms with Crippen molar-refractivity contribution in [2.45, 2.75) is 50.9 Å². The summed E-state index contributed by atoms with van der Waals surface area (Å²) >= 11 is 0. The van der Waals surface area contributed by atoms with Crippen molar-refractivity contribution in [3.63, 3.8) is 0 Å². The third-order valence-electron chi connectivity index (χ3n) is 7.75. The van der Waals surface area contributed by atoms with Crippen molar-refractivity contribution in [1.29, 1.82) is 0 Å². The molecule has 2 atom stereocenters. The van der Waals surface area contributed by atoms with Crippen molar-refractivity contribution in [3.05, 3.63) is 71.5 Å². The van der Waals surface area contributed by atoms with Gasteiger partial charge in [-0.15, -0.1) is 0 Å². The van der Waals surface area contributed by atoms with Crippen LogP contribution in [0, 0.1) is 17.2 Å². The summed E-state index contributed by atoms with van der Waals surface area (Å²) in [4.78, 5) is 16.1. The SMILES string of the molecule is CN(C)C(=O)CCN1CCC(CC[C@@H]2CC2c2ccccc2)(Cc2ccc(F)cc2)CC1. The third-order valence-corrected chi connectivity index (χ3v) is 7.75. The number of amides is 1. The Kier molecular flexibility index (Phi) is 7.30. The Balaban J connectivity index is 1.36. The first kappa shape index (κ1) is 23.0. The zero-order valence-corrected chi connectivity index (χ0v) is 19.6. The molecule has 1 aliphatic carbocycles. The fraction of sp³-hybridized carbons (Fsp3) is 0.536. The van der Waals surface area contributed by atoms with Crippen LogP contribution in [0.2, 0.25) is 0 Å². The summed E-state index contributed by atoms with van der Waals surface area (Å²) in [6, 6.07) is 18.0. The molecule has 3 nitrogen and oxygen atoms in total. The summed E-state index contributed by atoms with van der Waals surface area (Å²) < 4.78 is 13.4. The largest absolute Gasteiger partial charge is 0.349 e. The molecule has 1 aliphatic heterocycles. The van der Waals surface area contributed by atoms with Gasteiger partial charge in [-0.2, -0.15) is 0 Å². The van der Waals surface area contributed by atoms with E-state index in [1.807, 2.05) is 26.2 Å². The molecule has 1 heterocycles. The van der Waals surface area contributed by atoms with Crippen LogP contribution in [0.25, 0.3) is 0 Å². The molecule has 0 aromatic heterocycles. The molecule has 1 unspecified atom stereocenters.